The normalized spacial score (nSPS) is 12.2. The van der Waals surface area contributed by atoms with Crippen molar-refractivity contribution < 1.29 is 4.79 Å². The largest absolute Gasteiger partial charge is 0.355 e. The molecule has 0 aliphatic rings. The lowest BCUT2D eigenvalue weighted by Crippen LogP contribution is -2.45. The Morgan fingerprint density at radius 1 is 1.10 bits per heavy atom. The molecule has 1 amide bonds. The van der Waals surface area contributed by atoms with Crippen molar-refractivity contribution in [3.05, 3.63) is 35.4 Å². The number of carbonyl (C=O) groups is 1. The van der Waals surface area contributed by atoms with E-state index in [4.69, 9.17) is 0 Å². The summed E-state index contributed by atoms with van der Waals surface area (Å²) >= 11 is 0. The number of rotatable bonds is 8. The zero-order valence-electron chi connectivity index (χ0n) is 19.3. The molecule has 0 aliphatic heterocycles. The summed E-state index contributed by atoms with van der Waals surface area (Å²) in [4.78, 5) is 19.1. The van der Waals surface area contributed by atoms with Gasteiger partial charge in [-0.15, -0.1) is 24.0 Å². The Balaban J connectivity index is 0.00000784. The minimum absolute atomic E-state index is 0. The molecule has 0 saturated carbocycles. The van der Waals surface area contributed by atoms with Crippen molar-refractivity contribution in [3.63, 3.8) is 0 Å². The molecule has 0 radical (unpaired) electrons. The molecule has 3 N–H and O–H groups in total. The van der Waals surface area contributed by atoms with Crippen LogP contribution >= 0.6 is 24.0 Å². The van der Waals surface area contributed by atoms with Crippen LogP contribution in [0.4, 0.5) is 0 Å². The van der Waals surface area contributed by atoms with Crippen LogP contribution in [0.25, 0.3) is 0 Å². The molecule has 166 valence electrons. The lowest BCUT2D eigenvalue weighted by Gasteiger charge is -2.30. The van der Waals surface area contributed by atoms with Crippen LogP contribution in [0.1, 0.15) is 64.4 Å². The van der Waals surface area contributed by atoms with Gasteiger partial charge in [-0.3, -0.25) is 14.7 Å². The Hall–Kier alpha value is -1.35. The summed E-state index contributed by atoms with van der Waals surface area (Å²) in [7, 11) is 1.77. The summed E-state index contributed by atoms with van der Waals surface area (Å²) in [6.07, 6.45) is 0. The maximum atomic E-state index is 12.3. The Morgan fingerprint density at radius 3 is 2.24 bits per heavy atom. The van der Waals surface area contributed by atoms with Gasteiger partial charge in [-0.05, 0) is 66.2 Å². The van der Waals surface area contributed by atoms with E-state index in [9.17, 15) is 4.79 Å². The number of nitrogens with zero attached hydrogens (tertiary/aromatic N) is 2. The molecular weight excluding hydrogens is 477 g/mol. The maximum Gasteiger partial charge on any atom is 0.251 e. The van der Waals surface area contributed by atoms with Crippen LogP contribution in [0, 0.1) is 0 Å². The van der Waals surface area contributed by atoms with Crippen molar-refractivity contribution in [1.82, 2.24) is 20.9 Å². The van der Waals surface area contributed by atoms with Crippen molar-refractivity contribution >= 4 is 35.8 Å². The van der Waals surface area contributed by atoms with Gasteiger partial charge >= 0.3 is 0 Å². The van der Waals surface area contributed by atoms with Gasteiger partial charge in [0, 0.05) is 49.9 Å². The number of halogens is 1. The predicted molar refractivity (Wildman–Crippen MR) is 134 cm³/mol. The molecule has 0 heterocycles. The molecule has 0 saturated heterocycles. The molecule has 0 fully saturated rings. The third kappa shape index (κ3) is 10.8. The van der Waals surface area contributed by atoms with Crippen LogP contribution in [0.15, 0.2) is 29.3 Å². The minimum Gasteiger partial charge on any atom is -0.355 e. The molecule has 1 aromatic carbocycles. The number of benzene rings is 1. The van der Waals surface area contributed by atoms with E-state index in [0.29, 0.717) is 24.2 Å². The first-order valence-corrected chi connectivity index (χ1v) is 10.1. The van der Waals surface area contributed by atoms with Gasteiger partial charge in [0.1, 0.15) is 0 Å². The van der Waals surface area contributed by atoms with E-state index in [2.05, 4.69) is 53.5 Å². The summed E-state index contributed by atoms with van der Waals surface area (Å²) in [5, 5.41) is 9.68. The minimum atomic E-state index is -0.253. The molecule has 0 bridgehead atoms. The monoisotopic (exact) mass is 517 g/mol. The number of hydrogen-bond donors (Lipinski definition) is 3. The number of hydrogen-bond acceptors (Lipinski definition) is 3. The van der Waals surface area contributed by atoms with Gasteiger partial charge in [-0.2, -0.15) is 0 Å². The van der Waals surface area contributed by atoms with Crippen LogP contribution in [0.3, 0.4) is 0 Å². The highest BCUT2D eigenvalue weighted by Gasteiger charge is 2.15. The fraction of sp³-hybridized carbons (Fsp3) is 0.636. The topological polar surface area (TPSA) is 68.8 Å². The quantitative estimate of drug-likeness (QED) is 0.280. The number of nitrogens with one attached hydrogen (secondary N) is 3. The molecule has 7 heteroatoms. The third-order valence-corrected chi connectivity index (χ3v) is 4.35. The molecular formula is C22H40IN5O. The summed E-state index contributed by atoms with van der Waals surface area (Å²) in [5.41, 5.74) is 1.45. The van der Waals surface area contributed by atoms with Crippen molar-refractivity contribution in [2.75, 3.05) is 20.1 Å². The molecule has 29 heavy (non-hydrogen) atoms. The lowest BCUT2D eigenvalue weighted by atomic mass is 10.1. The third-order valence-electron chi connectivity index (χ3n) is 4.35. The van der Waals surface area contributed by atoms with E-state index >= 15 is 0 Å². The zero-order chi connectivity index (χ0) is 21.3. The van der Waals surface area contributed by atoms with E-state index in [1.807, 2.05) is 45.0 Å². The first-order valence-electron chi connectivity index (χ1n) is 10.1. The van der Waals surface area contributed by atoms with Crippen LogP contribution < -0.4 is 16.0 Å². The smallest absolute Gasteiger partial charge is 0.251 e. The van der Waals surface area contributed by atoms with Crippen LogP contribution in [-0.4, -0.2) is 54.5 Å². The number of amides is 1. The summed E-state index contributed by atoms with van der Waals surface area (Å²) < 4.78 is 0. The first-order chi connectivity index (χ1) is 13.0. The average molecular weight is 518 g/mol. The van der Waals surface area contributed by atoms with E-state index in [-0.39, 0.29) is 35.4 Å². The first kappa shape index (κ1) is 27.6. The van der Waals surface area contributed by atoms with Crippen LogP contribution in [0.5, 0.6) is 0 Å². The molecule has 0 aromatic heterocycles. The molecule has 0 atom stereocenters. The van der Waals surface area contributed by atoms with Crippen molar-refractivity contribution in [2.24, 2.45) is 4.99 Å². The highest BCUT2D eigenvalue weighted by atomic mass is 127. The summed E-state index contributed by atoms with van der Waals surface area (Å²) in [5.74, 6) is 0.705. The second-order valence-electron chi connectivity index (χ2n) is 8.68. The van der Waals surface area contributed by atoms with Gasteiger partial charge in [0.15, 0.2) is 5.96 Å². The van der Waals surface area contributed by atoms with Gasteiger partial charge in [0.05, 0.1) is 0 Å². The molecule has 6 nitrogen and oxygen atoms in total. The fourth-order valence-electron chi connectivity index (χ4n) is 3.06. The van der Waals surface area contributed by atoms with Crippen LogP contribution in [-0.2, 0) is 6.54 Å². The van der Waals surface area contributed by atoms with Gasteiger partial charge in [0.25, 0.3) is 5.91 Å². The molecule has 1 rings (SSSR count). The second-order valence-corrected chi connectivity index (χ2v) is 8.68. The Kier molecular flexibility index (Phi) is 12.4. The van der Waals surface area contributed by atoms with Crippen molar-refractivity contribution in [3.8, 4) is 0 Å². The Morgan fingerprint density at radius 2 is 1.72 bits per heavy atom. The SMILES string of the molecule is CN=C(NCCN(C(C)C)C(C)C)NCc1cccc(C(=O)NC(C)(C)C)c1.I. The van der Waals surface area contributed by atoms with Gasteiger partial charge in [-0.1, -0.05) is 12.1 Å². The fourth-order valence-corrected chi connectivity index (χ4v) is 3.06. The standard InChI is InChI=1S/C22H39N5O.HI/c1-16(2)27(17(3)4)13-12-24-21(23-8)25-15-18-10-9-11-19(14-18)20(28)26-22(5,6)7;/h9-11,14,16-17H,12-13,15H2,1-8H3,(H,26,28)(H2,23,24,25);1H. The van der Waals surface area contributed by atoms with Gasteiger partial charge in [-0.25, -0.2) is 0 Å². The highest BCUT2D eigenvalue weighted by Crippen LogP contribution is 2.08. The second kappa shape index (κ2) is 13.1. The molecule has 0 unspecified atom stereocenters. The van der Waals surface area contributed by atoms with E-state index in [0.717, 1.165) is 24.6 Å². The summed E-state index contributed by atoms with van der Waals surface area (Å²) in [6, 6.07) is 8.70. The van der Waals surface area contributed by atoms with Gasteiger partial charge in [0.2, 0.25) is 0 Å². The number of aliphatic imine (C=N–C) groups is 1. The van der Waals surface area contributed by atoms with Crippen molar-refractivity contribution in [1.29, 1.82) is 0 Å². The summed E-state index contributed by atoms with van der Waals surface area (Å²) in [6.45, 7) is 17.2. The van der Waals surface area contributed by atoms with Crippen LogP contribution in [0.2, 0.25) is 0 Å². The molecule has 0 aliphatic carbocycles. The predicted octanol–water partition coefficient (Wildman–Crippen LogP) is 3.62. The van der Waals surface area contributed by atoms with Gasteiger partial charge < -0.3 is 16.0 Å². The number of guanidine groups is 1. The van der Waals surface area contributed by atoms with E-state index in [1.54, 1.807) is 7.05 Å². The molecule has 0 spiro atoms. The zero-order valence-corrected chi connectivity index (χ0v) is 21.6. The average Bonchev–Trinajstić information content (AvgIpc) is 2.59. The molecule has 1 aromatic rings. The van der Waals surface area contributed by atoms with E-state index < -0.39 is 0 Å². The Bertz CT molecular complexity index is 645. The lowest BCUT2D eigenvalue weighted by molar-refractivity contribution is 0.0919. The van der Waals surface area contributed by atoms with Crippen molar-refractivity contribution in [2.45, 2.75) is 72.6 Å². The number of carbonyl (C=O) groups excluding carboxylic acids is 1. The Labute approximate surface area is 194 Å². The maximum absolute atomic E-state index is 12.3. The van der Waals surface area contributed by atoms with E-state index in [1.165, 1.54) is 0 Å². The highest BCUT2D eigenvalue weighted by molar-refractivity contribution is 14.0.